The lowest BCUT2D eigenvalue weighted by molar-refractivity contribution is -0.275. The highest BCUT2D eigenvalue weighted by Crippen LogP contribution is 2.25. The summed E-state index contributed by atoms with van der Waals surface area (Å²) < 4.78 is 82.1. The first-order chi connectivity index (χ1) is 21.7. The second kappa shape index (κ2) is 13.6. The van der Waals surface area contributed by atoms with E-state index in [1.54, 1.807) is 34.1 Å². The highest BCUT2D eigenvalue weighted by atomic mass is 19.4. The van der Waals surface area contributed by atoms with Gasteiger partial charge in [0.1, 0.15) is 11.5 Å². The number of hydrogen-bond acceptors (Lipinski definition) is 7. The van der Waals surface area contributed by atoms with Crippen molar-refractivity contribution >= 4 is 18.1 Å². The van der Waals surface area contributed by atoms with E-state index in [9.17, 15) is 40.7 Å². The van der Waals surface area contributed by atoms with Crippen molar-refractivity contribution in [3.05, 3.63) is 59.7 Å². The summed E-state index contributed by atoms with van der Waals surface area (Å²) in [6.45, 7) is 4.41. The Kier molecular flexibility index (Phi) is 9.81. The van der Waals surface area contributed by atoms with E-state index in [1.807, 2.05) is 9.80 Å². The maximum Gasteiger partial charge on any atom is 0.573 e. The zero-order valence-corrected chi connectivity index (χ0v) is 24.6. The van der Waals surface area contributed by atoms with Crippen molar-refractivity contribution in [3.63, 3.8) is 0 Å². The van der Waals surface area contributed by atoms with Gasteiger partial charge in [-0.25, -0.2) is 24.2 Å². The fourth-order valence-corrected chi connectivity index (χ4v) is 5.54. The molecular formula is C29H32F6N6O5. The van der Waals surface area contributed by atoms with E-state index in [-0.39, 0.29) is 24.6 Å². The minimum absolute atomic E-state index is 0.0734. The molecule has 2 aromatic rings. The number of carbonyl (C=O) groups is 3. The summed E-state index contributed by atoms with van der Waals surface area (Å²) in [5, 5.41) is 0. The molecule has 5 rings (SSSR count). The summed E-state index contributed by atoms with van der Waals surface area (Å²) in [5.74, 6) is -0.607. The summed E-state index contributed by atoms with van der Waals surface area (Å²) in [6.07, 6.45) is -9.52. The molecule has 0 N–H and O–H groups in total. The number of alkyl halides is 6. The quantitative estimate of drug-likeness (QED) is 0.426. The van der Waals surface area contributed by atoms with Gasteiger partial charge in [0.2, 0.25) is 0 Å². The average molecular weight is 659 g/mol. The predicted molar refractivity (Wildman–Crippen MR) is 150 cm³/mol. The Hall–Kier alpha value is -4.25. The van der Waals surface area contributed by atoms with Gasteiger partial charge in [0, 0.05) is 65.4 Å². The Bertz CT molecular complexity index is 1270. The van der Waals surface area contributed by atoms with E-state index in [0.717, 1.165) is 20.9 Å². The van der Waals surface area contributed by atoms with Crippen LogP contribution in [0, 0.1) is 0 Å². The Labute approximate surface area is 260 Å². The van der Waals surface area contributed by atoms with Gasteiger partial charge in [-0.2, -0.15) is 0 Å². The number of urea groups is 3. The molecule has 3 aliphatic rings. The fourth-order valence-electron chi connectivity index (χ4n) is 5.54. The van der Waals surface area contributed by atoms with Crippen LogP contribution in [-0.4, -0.2) is 126 Å². The largest absolute Gasteiger partial charge is 0.573 e. The zero-order valence-electron chi connectivity index (χ0n) is 24.6. The number of rotatable bonds is 6. The van der Waals surface area contributed by atoms with Crippen molar-refractivity contribution in [2.24, 2.45) is 0 Å². The highest BCUT2D eigenvalue weighted by Gasteiger charge is 2.41. The number of piperazine rings is 2. The van der Waals surface area contributed by atoms with E-state index < -0.39 is 30.8 Å². The second-order valence-corrected chi connectivity index (χ2v) is 11.1. The minimum atomic E-state index is -4.76. The molecular weight excluding hydrogens is 626 g/mol. The van der Waals surface area contributed by atoms with E-state index >= 15 is 0 Å². The molecule has 3 saturated heterocycles. The Morgan fingerprint density at radius 1 is 0.543 bits per heavy atom. The number of halogens is 6. The molecule has 0 saturated carbocycles. The molecule has 250 valence electrons. The lowest BCUT2D eigenvalue weighted by Gasteiger charge is -2.37. The van der Waals surface area contributed by atoms with Crippen LogP contribution in [0.4, 0.5) is 40.7 Å². The molecule has 3 heterocycles. The van der Waals surface area contributed by atoms with Gasteiger partial charge in [0.25, 0.3) is 0 Å². The number of ether oxygens (including phenoxy) is 2. The Morgan fingerprint density at radius 3 is 1.17 bits per heavy atom. The van der Waals surface area contributed by atoms with Gasteiger partial charge in [0.05, 0.1) is 13.1 Å². The number of imide groups is 2. The number of carbonyl (C=O) groups excluding carboxylic acids is 3. The van der Waals surface area contributed by atoms with Crippen LogP contribution in [0.3, 0.4) is 0 Å². The molecule has 0 aliphatic carbocycles. The van der Waals surface area contributed by atoms with Crippen molar-refractivity contribution < 1.29 is 50.2 Å². The third-order valence-electron chi connectivity index (χ3n) is 7.88. The lowest BCUT2D eigenvalue weighted by atomic mass is 10.2. The van der Waals surface area contributed by atoms with E-state index in [1.165, 1.54) is 24.3 Å². The van der Waals surface area contributed by atoms with Crippen LogP contribution in [0.5, 0.6) is 11.5 Å². The number of nitrogens with zero attached hydrogens (tertiary/aromatic N) is 6. The van der Waals surface area contributed by atoms with Crippen molar-refractivity contribution in [2.45, 2.75) is 25.8 Å². The van der Waals surface area contributed by atoms with E-state index in [2.05, 4.69) is 9.47 Å². The van der Waals surface area contributed by atoms with Gasteiger partial charge >= 0.3 is 30.8 Å². The van der Waals surface area contributed by atoms with Crippen LogP contribution in [-0.2, 0) is 13.1 Å². The summed E-state index contributed by atoms with van der Waals surface area (Å²) in [4.78, 5) is 48.7. The number of hydrogen-bond donors (Lipinski definition) is 0. The highest BCUT2D eigenvalue weighted by molar-refractivity contribution is 6.03. The van der Waals surface area contributed by atoms with Gasteiger partial charge in [-0.05, 0) is 35.4 Å². The molecule has 0 bridgehead atoms. The Morgan fingerprint density at radius 2 is 0.870 bits per heavy atom. The van der Waals surface area contributed by atoms with Crippen LogP contribution in [0.25, 0.3) is 0 Å². The topological polar surface area (TPSA) is 89.1 Å². The molecule has 0 radical (unpaired) electrons. The number of amides is 6. The van der Waals surface area contributed by atoms with Crippen LogP contribution in [0.1, 0.15) is 11.1 Å². The second-order valence-electron chi connectivity index (χ2n) is 11.1. The molecule has 6 amide bonds. The lowest BCUT2D eigenvalue weighted by Crippen LogP contribution is -2.55. The molecule has 0 aromatic heterocycles. The molecule has 3 aliphatic heterocycles. The van der Waals surface area contributed by atoms with Crippen LogP contribution in [0.15, 0.2) is 48.5 Å². The SMILES string of the molecule is O=C(N1CCN(Cc2ccc(OC(F)(F)F)cc2)CC1)N1CCN(C(=O)N2CCN(Cc3ccc(OC(F)(F)F)cc3)CC2)C1=O. The molecule has 11 nitrogen and oxygen atoms in total. The molecule has 17 heteroatoms. The molecule has 0 unspecified atom stereocenters. The van der Waals surface area contributed by atoms with Gasteiger partial charge in [-0.3, -0.25) is 9.80 Å². The van der Waals surface area contributed by atoms with Crippen LogP contribution in [0.2, 0.25) is 0 Å². The molecule has 3 fully saturated rings. The van der Waals surface area contributed by atoms with Gasteiger partial charge in [-0.1, -0.05) is 24.3 Å². The predicted octanol–water partition coefficient (Wildman–Crippen LogP) is 4.40. The first kappa shape index (κ1) is 33.1. The van der Waals surface area contributed by atoms with Crippen molar-refractivity contribution in [2.75, 3.05) is 65.4 Å². The molecule has 2 aromatic carbocycles. The van der Waals surface area contributed by atoms with E-state index in [0.29, 0.717) is 65.4 Å². The zero-order chi connectivity index (χ0) is 33.1. The Balaban J connectivity index is 1.04. The van der Waals surface area contributed by atoms with Crippen molar-refractivity contribution in [1.82, 2.24) is 29.4 Å². The molecule has 0 atom stereocenters. The third-order valence-corrected chi connectivity index (χ3v) is 7.88. The first-order valence-electron chi connectivity index (χ1n) is 14.5. The number of benzene rings is 2. The minimum Gasteiger partial charge on any atom is -0.406 e. The first-order valence-corrected chi connectivity index (χ1v) is 14.5. The normalized spacial score (nSPS) is 18.7. The molecule has 0 spiro atoms. The average Bonchev–Trinajstić information content (AvgIpc) is 3.38. The van der Waals surface area contributed by atoms with Crippen molar-refractivity contribution in [1.29, 1.82) is 0 Å². The van der Waals surface area contributed by atoms with Crippen LogP contribution >= 0.6 is 0 Å². The fraction of sp³-hybridized carbons (Fsp3) is 0.483. The monoisotopic (exact) mass is 658 g/mol. The summed E-state index contributed by atoms with van der Waals surface area (Å²) in [6, 6.07) is 9.54. The van der Waals surface area contributed by atoms with Gasteiger partial charge in [-0.15, -0.1) is 26.3 Å². The van der Waals surface area contributed by atoms with Gasteiger partial charge < -0.3 is 19.3 Å². The smallest absolute Gasteiger partial charge is 0.406 e. The van der Waals surface area contributed by atoms with E-state index in [4.69, 9.17) is 0 Å². The van der Waals surface area contributed by atoms with Gasteiger partial charge in [0.15, 0.2) is 0 Å². The standard InChI is InChI=1S/C29H32F6N6O5/c30-28(31,32)45-23-5-1-21(2-6-23)19-36-9-13-38(14-10-36)25(42)40-17-18-41(27(40)44)26(43)39-15-11-37(12-16-39)20-22-3-7-24(8-4-22)46-29(33,34)35/h1-8H,9-20H2. The third kappa shape index (κ3) is 8.72. The summed E-state index contributed by atoms with van der Waals surface area (Å²) >= 11 is 0. The maximum atomic E-state index is 13.2. The van der Waals surface area contributed by atoms with Crippen molar-refractivity contribution in [3.8, 4) is 11.5 Å². The summed E-state index contributed by atoms with van der Waals surface area (Å²) in [7, 11) is 0. The van der Waals surface area contributed by atoms with Crippen LogP contribution < -0.4 is 9.47 Å². The maximum absolute atomic E-state index is 13.2. The summed E-state index contributed by atoms with van der Waals surface area (Å²) in [5.41, 5.74) is 1.57. The molecule has 46 heavy (non-hydrogen) atoms.